The van der Waals surface area contributed by atoms with Crippen LogP contribution in [0.3, 0.4) is 0 Å². The summed E-state index contributed by atoms with van der Waals surface area (Å²) >= 11 is 0. The standard InChI is InChI=1S/C13H16FNO2/c1-16-11-7-8(14)6-10(13(15)4-5-13)12(11)17-9-2-3-9/h6-7,9H,2-5,15H2,1H3. The maximum atomic E-state index is 13.5. The van der Waals surface area contributed by atoms with Gasteiger partial charge in [0.05, 0.1) is 13.2 Å². The van der Waals surface area contributed by atoms with E-state index in [9.17, 15) is 4.39 Å². The molecule has 2 saturated carbocycles. The van der Waals surface area contributed by atoms with Crippen LogP contribution in [0.5, 0.6) is 11.5 Å². The van der Waals surface area contributed by atoms with Gasteiger partial charge in [-0.1, -0.05) is 0 Å². The topological polar surface area (TPSA) is 44.5 Å². The highest BCUT2D eigenvalue weighted by Crippen LogP contribution is 2.50. The Hall–Kier alpha value is -1.29. The molecule has 0 aliphatic heterocycles. The average Bonchev–Trinajstić information content (AvgIpc) is 3.19. The molecule has 2 N–H and O–H groups in total. The van der Waals surface area contributed by atoms with Crippen LogP contribution in [0.4, 0.5) is 4.39 Å². The van der Waals surface area contributed by atoms with Gasteiger partial charge in [-0.3, -0.25) is 0 Å². The minimum Gasteiger partial charge on any atom is -0.493 e. The first-order chi connectivity index (χ1) is 8.12. The molecule has 3 nitrogen and oxygen atoms in total. The van der Waals surface area contributed by atoms with Crippen molar-refractivity contribution in [1.82, 2.24) is 0 Å². The largest absolute Gasteiger partial charge is 0.493 e. The van der Waals surface area contributed by atoms with Crippen LogP contribution in [-0.2, 0) is 5.54 Å². The smallest absolute Gasteiger partial charge is 0.166 e. The van der Waals surface area contributed by atoms with E-state index in [0.717, 1.165) is 31.2 Å². The minimum atomic E-state index is -0.417. The molecule has 0 radical (unpaired) electrons. The van der Waals surface area contributed by atoms with Gasteiger partial charge < -0.3 is 15.2 Å². The first kappa shape index (κ1) is 10.8. The van der Waals surface area contributed by atoms with Gasteiger partial charge >= 0.3 is 0 Å². The maximum absolute atomic E-state index is 13.5. The Morgan fingerprint density at radius 3 is 2.59 bits per heavy atom. The highest BCUT2D eigenvalue weighted by molar-refractivity contribution is 5.52. The second-order valence-corrected chi connectivity index (χ2v) is 4.96. The fraction of sp³-hybridized carbons (Fsp3) is 0.538. The molecular formula is C13H16FNO2. The highest BCUT2D eigenvalue weighted by atomic mass is 19.1. The molecule has 0 aromatic heterocycles. The number of ether oxygens (including phenoxy) is 2. The molecule has 2 aliphatic rings. The molecule has 4 heteroatoms. The molecule has 2 aliphatic carbocycles. The Bertz CT molecular complexity index is 453. The van der Waals surface area contributed by atoms with Crippen LogP contribution in [0, 0.1) is 5.82 Å². The van der Waals surface area contributed by atoms with Crippen LogP contribution < -0.4 is 15.2 Å². The first-order valence-corrected chi connectivity index (χ1v) is 5.96. The Morgan fingerprint density at radius 2 is 2.06 bits per heavy atom. The van der Waals surface area contributed by atoms with Gasteiger partial charge in [-0.2, -0.15) is 0 Å². The summed E-state index contributed by atoms with van der Waals surface area (Å²) in [6.07, 6.45) is 4.10. The van der Waals surface area contributed by atoms with Gasteiger partial charge in [0.2, 0.25) is 0 Å². The second-order valence-electron chi connectivity index (χ2n) is 4.96. The van der Waals surface area contributed by atoms with Crippen molar-refractivity contribution in [3.63, 3.8) is 0 Å². The molecule has 2 fully saturated rings. The molecule has 0 heterocycles. The van der Waals surface area contributed by atoms with Crippen LogP contribution in [0.15, 0.2) is 12.1 Å². The summed E-state index contributed by atoms with van der Waals surface area (Å²) in [7, 11) is 1.52. The van der Waals surface area contributed by atoms with Crippen molar-refractivity contribution in [3.05, 3.63) is 23.5 Å². The molecule has 1 aromatic carbocycles. The summed E-state index contributed by atoms with van der Waals surface area (Å²) in [6, 6.07) is 2.83. The van der Waals surface area contributed by atoms with Gasteiger partial charge in [0.1, 0.15) is 5.82 Å². The summed E-state index contributed by atoms with van der Waals surface area (Å²) < 4.78 is 24.5. The average molecular weight is 237 g/mol. The number of halogens is 1. The van der Waals surface area contributed by atoms with Gasteiger partial charge in [0.25, 0.3) is 0 Å². The maximum Gasteiger partial charge on any atom is 0.166 e. The Morgan fingerprint density at radius 1 is 1.35 bits per heavy atom. The van der Waals surface area contributed by atoms with Crippen molar-refractivity contribution < 1.29 is 13.9 Å². The lowest BCUT2D eigenvalue weighted by atomic mass is 10.0. The van der Waals surface area contributed by atoms with Crippen molar-refractivity contribution in [2.24, 2.45) is 5.73 Å². The number of hydrogen-bond donors (Lipinski definition) is 1. The molecule has 0 amide bonds. The zero-order chi connectivity index (χ0) is 12.0. The second kappa shape index (κ2) is 3.60. The highest BCUT2D eigenvalue weighted by Gasteiger charge is 2.44. The van der Waals surface area contributed by atoms with E-state index in [2.05, 4.69) is 0 Å². The van der Waals surface area contributed by atoms with Gasteiger partial charge in [0, 0.05) is 17.2 Å². The predicted molar refractivity (Wildman–Crippen MR) is 61.7 cm³/mol. The molecule has 17 heavy (non-hydrogen) atoms. The number of rotatable bonds is 4. The van der Waals surface area contributed by atoms with Crippen LogP contribution in [0.1, 0.15) is 31.2 Å². The third-order valence-electron chi connectivity index (χ3n) is 3.37. The quantitative estimate of drug-likeness (QED) is 0.874. The summed E-state index contributed by atoms with van der Waals surface area (Å²) in [5, 5.41) is 0. The molecule has 0 atom stereocenters. The lowest BCUT2D eigenvalue weighted by Gasteiger charge is -2.18. The Kier molecular flexibility index (Phi) is 2.30. The van der Waals surface area contributed by atoms with Crippen molar-refractivity contribution in [2.75, 3.05) is 7.11 Å². The van der Waals surface area contributed by atoms with E-state index < -0.39 is 5.54 Å². The van der Waals surface area contributed by atoms with Crippen LogP contribution >= 0.6 is 0 Å². The summed E-state index contributed by atoms with van der Waals surface area (Å²) in [4.78, 5) is 0. The SMILES string of the molecule is COc1cc(F)cc(C2(N)CC2)c1OC1CC1. The third kappa shape index (κ3) is 1.97. The van der Waals surface area contributed by atoms with Crippen LogP contribution in [-0.4, -0.2) is 13.2 Å². The lowest BCUT2D eigenvalue weighted by Crippen LogP contribution is -2.21. The molecule has 1 aromatic rings. The molecule has 0 unspecified atom stereocenters. The Balaban J connectivity index is 2.05. The monoisotopic (exact) mass is 237 g/mol. The minimum absolute atomic E-state index is 0.246. The van der Waals surface area contributed by atoms with Crippen molar-refractivity contribution >= 4 is 0 Å². The number of hydrogen-bond acceptors (Lipinski definition) is 3. The predicted octanol–water partition coefficient (Wildman–Crippen LogP) is 2.32. The van der Waals surface area contributed by atoms with Gasteiger partial charge in [-0.25, -0.2) is 4.39 Å². The third-order valence-corrected chi connectivity index (χ3v) is 3.37. The van der Waals surface area contributed by atoms with Crippen LogP contribution in [0.2, 0.25) is 0 Å². The normalized spacial score (nSPS) is 21.1. The molecular weight excluding hydrogens is 221 g/mol. The van der Waals surface area contributed by atoms with E-state index >= 15 is 0 Å². The summed E-state index contributed by atoms with van der Waals surface area (Å²) in [5.41, 5.74) is 6.49. The molecule has 3 rings (SSSR count). The van der Waals surface area contributed by atoms with E-state index in [1.807, 2.05) is 0 Å². The number of nitrogens with two attached hydrogens (primary N) is 1. The fourth-order valence-electron chi connectivity index (χ4n) is 1.97. The number of benzene rings is 1. The van der Waals surface area contributed by atoms with Gasteiger partial charge in [0.15, 0.2) is 11.5 Å². The molecule has 0 saturated heterocycles. The first-order valence-electron chi connectivity index (χ1n) is 5.96. The van der Waals surface area contributed by atoms with E-state index in [4.69, 9.17) is 15.2 Å². The zero-order valence-electron chi connectivity index (χ0n) is 9.83. The fourth-order valence-corrected chi connectivity index (χ4v) is 1.97. The summed E-state index contributed by atoms with van der Waals surface area (Å²) in [5.74, 6) is 0.761. The van der Waals surface area contributed by atoms with Crippen molar-refractivity contribution in [1.29, 1.82) is 0 Å². The molecule has 0 spiro atoms. The van der Waals surface area contributed by atoms with Crippen LogP contribution in [0.25, 0.3) is 0 Å². The van der Waals surface area contributed by atoms with Crippen molar-refractivity contribution in [3.8, 4) is 11.5 Å². The van der Waals surface area contributed by atoms with E-state index in [1.54, 1.807) is 0 Å². The van der Waals surface area contributed by atoms with E-state index in [0.29, 0.717) is 11.5 Å². The van der Waals surface area contributed by atoms with E-state index in [1.165, 1.54) is 19.2 Å². The number of methoxy groups -OCH3 is 1. The molecule has 0 bridgehead atoms. The molecule has 92 valence electrons. The Labute approximate surface area is 99.7 Å². The lowest BCUT2D eigenvalue weighted by molar-refractivity contribution is 0.275. The van der Waals surface area contributed by atoms with Crippen molar-refractivity contribution in [2.45, 2.75) is 37.3 Å². The summed E-state index contributed by atoms with van der Waals surface area (Å²) in [6.45, 7) is 0. The van der Waals surface area contributed by atoms with Gasteiger partial charge in [-0.05, 0) is 31.7 Å². The van der Waals surface area contributed by atoms with E-state index in [-0.39, 0.29) is 11.9 Å². The van der Waals surface area contributed by atoms with Gasteiger partial charge in [-0.15, -0.1) is 0 Å². The zero-order valence-corrected chi connectivity index (χ0v) is 9.83.